The quantitative estimate of drug-likeness (QED) is 0.844. The first-order valence-corrected chi connectivity index (χ1v) is 9.72. The van der Waals surface area contributed by atoms with Crippen LogP contribution in [0.4, 0.5) is 0 Å². The number of amides is 1. The summed E-state index contributed by atoms with van der Waals surface area (Å²) in [5, 5.41) is 4.35. The molecule has 0 atom stereocenters. The van der Waals surface area contributed by atoms with E-state index >= 15 is 0 Å². The van der Waals surface area contributed by atoms with Crippen molar-refractivity contribution in [3.8, 4) is 0 Å². The fourth-order valence-corrected chi connectivity index (χ4v) is 4.34. The maximum absolute atomic E-state index is 12.3. The summed E-state index contributed by atoms with van der Waals surface area (Å²) in [4.78, 5) is 21.0. The van der Waals surface area contributed by atoms with Crippen molar-refractivity contribution in [2.75, 3.05) is 26.2 Å². The van der Waals surface area contributed by atoms with Gasteiger partial charge in [-0.05, 0) is 47.4 Å². The summed E-state index contributed by atoms with van der Waals surface area (Å²) < 4.78 is 6.03. The lowest BCUT2D eigenvalue weighted by molar-refractivity contribution is -0.172. The molecule has 1 spiro atoms. The van der Waals surface area contributed by atoms with Crippen LogP contribution in [0.3, 0.4) is 0 Å². The molecule has 0 aliphatic carbocycles. The molecule has 132 valence electrons. The van der Waals surface area contributed by atoms with E-state index < -0.39 is 0 Å². The number of pyridine rings is 1. The minimum Gasteiger partial charge on any atom is -0.363 e. The van der Waals surface area contributed by atoms with Gasteiger partial charge in [0.05, 0.1) is 24.4 Å². The van der Waals surface area contributed by atoms with Crippen molar-refractivity contribution in [1.82, 2.24) is 14.8 Å². The molecule has 4 rings (SSSR count). The Morgan fingerprint density at radius 1 is 1.20 bits per heavy atom. The number of thiophene rings is 1. The number of hydrogen-bond acceptors (Lipinski definition) is 5. The highest BCUT2D eigenvalue weighted by atomic mass is 32.1. The molecule has 0 N–H and O–H groups in total. The largest absolute Gasteiger partial charge is 0.363 e. The number of carbonyl (C=O) groups excluding carboxylic acids is 1. The van der Waals surface area contributed by atoms with Gasteiger partial charge in [-0.15, -0.1) is 0 Å². The molecule has 0 unspecified atom stereocenters. The first-order chi connectivity index (χ1) is 12.2. The topological polar surface area (TPSA) is 45.7 Å². The zero-order chi connectivity index (χ0) is 17.1. The SMILES string of the molecule is O=C1COC2(CCN(Cc3ccsc3)CC2)CN1Cc1ccccn1. The van der Waals surface area contributed by atoms with Crippen LogP contribution in [0.15, 0.2) is 41.2 Å². The Morgan fingerprint density at radius 2 is 2.08 bits per heavy atom. The first-order valence-electron chi connectivity index (χ1n) is 8.78. The fraction of sp³-hybridized carbons (Fsp3) is 0.474. The second-order valence-corrected chi connectivity index (χ2v) is 7.73. The van der Waals surface area contributed by atoms with Crippen molar-refractivity contribution in [3.63, 3.8) is 0 Å². The molecule has 25 heavy (non-hydrogen) atoms. The van der Waals surface area contributed by atoms with E-state index in [2.05, 4.69) is 26.7 Å². The minimum atomic E-state index is -0.187. The molecule has 0 bridgehead atoms. The minimum absolute atomic E-state index is 0.0666. The van der Waals surface area contributed by atoms with Crippen molar-refractivity contribution in [3.05, 3.63) is 52.5 Å². The lowest BCUT2D eigenvalue weighted by Gasteiger charge is -2.47. The Hall–Kier alpha value is -1.76. The lowest BCUT2D eigenvalue weighted by atomic mass is 9.89. The molecule has 1 amide bonds. The van der Waals surface area contributed by atoms with E-state index in [9.17, 15) is 4.79 Å². The first kappa shape index (κ1) is 16.7. The number of likely N-dealkylation sites (tertiary alicyclic amines) is 1. The van der Waals surface area contributed by atoms with E-state index in [0.29, 0.717) is 13.1 Å². The molecule has 2 aliphatic heterocycles. The third kappa shape index (κ3) is 3.92. The average Bonchev–Trinajstić information content (AvgIpc) is 3.15. The second-order valence-electron chi connectivity index (χ2n) is 6.95. The van der Waals surface area contributed by atoms with Crippen LogP contribution >= 0.6 is 11.3 Å². The van der Waals surface area contributed by atoms with Crippen molar-refractivity contribution >= 4 is 17.2 Å². The molecule has 6 heteroatoms. The Balaban J connectivity index is 1.37. The van der Waals surface area contributed by atoms with Crippen LogP contribution in [0.1, 0.15) is 24.1 Å². The van der Waals surface area contributed by atoms with E-state index in [0.717, 1.165) is 38.2 Å². The van der Waals surface area contributed by atoms with Gasteiger partial charge in [-0.2, -0.15) is 11.3 Å². The lowest BCUT2D eigenvalue weighted by Crippen LogP contribution is -2.58. The molecule has 2 fully saturated rings. The van der Waals surface area contributed by atoms with Crippen LogP contribution in [-0.4, -0.2) is 52.5 Å². The van der Waals surface area contributed by atoms with Crippen LogP contribution in [0, 0.1) is 0 Å². The zero-order valence-electron chi connectivity index (χ0n) is 14.3. The van der Waals surface area contributed by atoms with Crippen LogP contribution in [0.5, 0.6) is 0 Å². The van der Waals surface area contributed by atoms with Crippen molar-refractivity contribution in [1.29, 1.82) is 0 Å². The Morgan fingerprint density at radius 3 is 2.80 bits per heavy atom. The number of ether oxygens (including phenoxy) is 1. The summed E-state index contributed by atoms with van der Waals surface area (Å²) in [5.74, 6) is 0.0666. The van der Waals surface area contributed by atoms with Crippen LogP contribution in [0.25, 0.3) is 0 Å². The standard InChI is InChI=1S/C19H23N3O2S/c23-18-13-24-19(15-22(18)12-17-3-1-2-7-20-17)5-8-21(9-6-19)11-16-4-10-25-14-16/h1-4,7,10,14H,5-6,8-9,11-13,15H2. The van der Waals surface area contributed by atoms with E-state index in [1.54, 1.807) is 17.5 Å². The number of piperidine rings is 1. The predicted molar refractivity (Wildman–Crippen MR) is 97.2 cm³/mol. The van der Waals surface area contributed by atoms with Gasteiger partial charge in [0, 0.05) is 25.8 Å². The summed E-state index contributed by atoms with van der Waals surface area (Å²) in [6.07, 6.45) is 3.73. The number of rotatable bonds is 4. The molecule has 0 aromatic carbocycles. The molecule has 5 nitrogen and oxygen atoms in total. The maximum Gasteiger partial charge on any atom is 0.249 e. The van der Waals surface area contributed by atoms with Gasteiger partial charge in [0.1, 0.15) is 6.61 Å². The molecule has 2 aromatic heterocycles. The molecule has 2 aromatic rings. The second kappa shape index (κ2) is 7.23. The van der Waals surface area contributed by atoms with Gasteiger partial charge in [-0.1, -0.05) is 6.07 Å². The molecule has 2 aliphatic rings. The van der Waals surface area contributed by atoms with Crippen molar-refractivity contribution in [2.24, 2.45) is 0 Å². The van der Waals surface area contributed by atoms with Gasteiger partial charge in [-0.3, -0.25) is 14.7 Å². The van der Waals surface area contributed by atoms with Crippen LogP contribution in [-0.2, 0) is 22.6 Å². The summed E-state index contributed by atoms with van der Waals surface area (Å²) in [6, 6.07) is 8.03. The average molecular weight is 357 g/mol. The van der Waals surface area contributed by atoms with E-state index in [-0.39, 0.29) is 18.1 Å². The summed E-state index contributed by atoms with van der Waals surface area (Å²) in [5.41, 5.74) is 2.13. The van der Waals surface area contributed by atoms with Gasteiger partial charge in [0.25, 0.3) is 0 Å². The fourth-order valence-electron chi connectivity index (χ4n) is 3.68. The van der Waals surface area contributed by atoms with Gasteiger partial charge < -0.3 is 9.64 Å². The number of carbonyl (C=O) groups is 1. The summed E-state index contributed by atoms with van der Waals surface area (Å²) in [6.45, 7) is 4.48. The highest BCUT2D eigenvalue weighted by Crippen LogP contribution is 2.31. The Bertz CT molecular complexity index is 697. The monoisotopic (exact) mass is 357 g/mol. The number of nitrogens with zero attached hydrogens (tertiary/aromatic N) is 3. The zero-order valence-corrected chi connectivity index (χ0v) is 15.1. The molecular formula is C19H23N3O2S. The van der Waals surface area contributed by atoms with E-state index in [4.69, 9.17) is 4.74 Å². The molecule has 0 radical (unpaired) electrons. The summed E-state index contributed by atoms with van der Waals surface area (Å²) >= 11 is 1.75. The maximum atomic E-state index is 12.3. The van der Waals surface area contributed by atoms with E-state index in [1.807, 2.05) is 23.1 Å². The third-order valence-electron chi connectivity index (χ3n) is 5.17. The van der Waals surface area contributed by atoms with Gasteiger partial charge >= 0.3 is 0 Å². The molecule has 0 saturated carbocycles. The highest BCUT2D eigenvalue weighted by Gasteiger charge is 2.42. The number of hydrogen-bond donors (Lipinski definition) is 0. The molecule has 2 saturated heterocycles. The number of morpholine rings is 1. The number of aromatic nitrogens is 1. The van der Waals surface area contributed by atoms with Gasteiger partial charge in [0.15, 0.2) is 0 Å². The van der Waals surface area contributed by atoms with Gasteiger partial charge in [0.2, 0.25) is 5.91 Å². The van der Waals surface area contributed by atoms with Crippen LogP contribution in [0.2, 0.25) is 0 Å². The molecule has 4 heterocycles. The third-order valence-corrected chi connectivity index (χ3v) is 5.90. The van der Waals surface area contributed by atoms with Crippen LogP contribution < -0.4 is 0 Å². The Labute approximate surface area is 152 Å². The normalized spacial score (nSPS) is 21.0. The van der Waals surface area contributed by atoms with Crippen molar-refractivity contribution < 1.29 is 9.53 Å². The van der Waals surface area contributed by atoms with Crippen molar-refractivity contribution in [2.45, 2.75) is 31.5 Å². The smallest absolute Gasteiger partial charge is 0.249 e. The van der Waals surface area contributed by atoms with Gasteiger partial charge in [-0.25, -0.2) is 0 Å². The molecular weight excluding hydrogens is 334 g/mol. The summed E-state index contributed by atoms with van der Waals surface area (Å²) in [7, 11) is 0. The van der Waals surface area contributed by atoms with E-state index in [1.165, 1.54) is 5.56 Å². The highest BCUT2D eigenvalue weighted by molar-refractivity contribution is 7.07. The Kier molecular flexibility index (Phi) is 4.83. The predicted octanol–water partition coefficient (Wildman–Crippen LogP) is 2.54.